The van der Waals surface area contributed by atoms with Gasteiger partial charge in [0.05, 0.1) is 24.8 Å². The highest BCUT2D eigenvalue weighted by Crippen LogP contribution is 2.46. The molecule has 0 aliphatic heterocycles. The van der Waals surface area contributed by atoms with Crippen molar-refractivity contribution >= 4 is 11.8 Å². The van der Waals surface area contributed by atoms with Crippen molar-refractivity contribution in [1.29, 1.82) is 0 Å². The fraction of sp³-hybridized carbons (Fsp3) is 0.458. The van der Waals surface area contributed by atoms with Crippen molar-refractivity contribution in [2.24, 2.45) is 5.41 Å². The number of hydrogen-bond acceptors (Lipinski definition) is 3. The topological polar surface area (TPSA) is 35.5 Å². The van der Waals surface area contributed by atoms with Crippen molar-refractivity contribution in [3.05, 3.63) is 58.2 Å². The first-order valence-corrected chi connectivity index (χ1v) is 9.75. The third-order valence-electron chi connectivity index (χ3n) is 5.49. The number of rotatable bonds is 6. The first-order chi connectivity index (χ1) is 13.1. The van der Waals surface area contributed by atoms with Gasteiger partial charge in [-0.1, -0.05) is 26.0 Å². The molecule has 0 amide bonds. The van der Waals surface area contributed by atoms with Crippen LogP contribution in [0.4, 0.5) is 4.39 Å². The molecular weight excluding hydrogens is 355 g/mol. The van der Waals surface area contributed by atoms with Crippen LogP contribution < -0.4 is 4.74 Å². The average Bonchev–Trinajstić information content (AvgIpc) is 2.65. The Balaban J connectivity index is 2.48. The van der Waals surface area contributed by atoms with Gasteiger partial charge in [-0.15, -0.1) is 0 Å². The molecular formula is C24H31FO3. The van der Waals surface area contributed by atoms with Gasteiger partial charge in [-0.2, -0.15) is 0 Å². The predicted molar refractivity (Wildman–Crippen MR) is 112 cm³/mol. The van der Waals surface area contributed by atoms with E-state index in [1.807, 2.05) is 0 Å². The molecule has 152 valence electrons. The first kappa shape index (κ1) is 21.9. The number of halogens is 1. The predicted octanol–water partition coefficient (Wildman–Crippen LogP) is 6.66. The van der Waals surface area contributed by atoms with Gasteiger partial charge in [-0.3, -0.25) is 0 Å². The maximum Gasteiger partial charge on any atom is 0.338 e. The molecule has 2 rings (SSSR count). The van der Waals surface area contributed by atoms with Crippen LogP contribution in [0, 0.1) is 5.41 Å². The number of esters is 1. The van der Waals surface area contributed by atoms with E-state index >= 15 is 4.39 Å². The Morgan fingerprint density at radius 3 is 2.57 bits per heavy atom. The SMILES string of the molecule is C=C(C1=C(C)CCCC1(C)C)/C(C)=C(\F)c1ccc(C(=O)OCC)cc1OC. The van der Waals surface area contributed by atoms with Crippen molar-refractivity contribution in [2.45, 2.75) is 53.9 Å². The zero-order chi connectivity index (χ0) is 21.1. The Labute approximate surface area is 167 Å². The van der Waals surface area contributed by atoms with Crippen LogP contribution in [0.2, 0.25) is 0 Å². The fourth-order valence-corrected chi connectivity index (χ4v) is 4.03. The van der Waals surface area contributed by atoms with Gasteiger partial charge in [0.25, 0.3) is 0 Å². The van der Waals surface area contributed by atoms with Crippen LogP contribution in [0.5, 0.6) is 5.75 Å². The molecule has 0 aromatic heterocycles. The van der Waals surface area contributed by atoms with Gasteiger partial charge in [-0.25, -0.2) is 9.18 Å². The van der Waals surface area contributed by atoms with Crippen LogP contribution in [0.25, 0.3) is 5.83 Å². The Hall–Kier alpha value is -2.36. The van der Waals surface area contributed by atoms with Crippen molar-refractivity contribution in [2.75, 3.05) is 13.7 Å². The summed E-state index contributed by atoms with van der Waals surface area (Å²) in [6.07, 6.45) is 3.22. The summed E-state index contributed by atoms with van der Waals surface area (Å²) in [7, 11) is 1.46. The van der Waals surface area contributed by atoms with E-state index < -0.39 is 5.97 Å². The van der Waals surface area contributed by atoms with Crippen LogP contribution in [0.3, 0.4) is 0 Å². The summed E-state index contributed by atoms with van der Waals surface area (Å²) >= 11 is 0. The summed E-state index contributed by atoms with van der Waals surface area (Å²) in [4.78, 5) is 11.9. The normalized spacial score (nSPS) is 17.1. The molecule has 1 aliphatic rings. The van der Waals surface area contributed by atoms with Gasteiger partial charge < -0.3 is 9.47 Å². The van der Waals surface area contributed by atoms with E-state index in [1.54, 1.807) is 26.0 Å². The van der Waals surface area contributed by atoms with Crippen LogP contribution >= 0.6 is 0 Å². The average molecular weight is 387 g/mol. The lowest BCUT2D eigenvalue weighted by atomic mass is 9.69. The van der Waals surface area contributed by atoms with Crippen LogP contribution in [-0.4, -0.2) is 19.7 Å². The maximum atomic E-state index is 15.4. The highest BCUT2D eigenvalue weighted by atomic mass is 19.1. The summed E-state index contributed by atoms with van der Waals surface area (Å²) < 4.78 is 25.8. The number of allylic oxidation sites excluding steroid dienone is 4. The van der Waals surface area contributed by atoms with E-state index in [2.05, 4.69) is 27.4 Å². The Morgan fingerprint density at radius 2 is 2.00 bits per heavy atom. The van der Waals surface area contributed by atoms with Crippen molar-refractivity contribution < 1.29 is 18.7 Å². The summed E-state index contributed by atoms with van der Waals surface area (Å²) in [5.41, 5.74) is 4.26. The van der Waals surface area contributed by atoms with E-state index in [9.17, 15) is 4.79 Å². The zero-order valence-electron chi connectivity index (χ0n) is 17.9. The summed E-state index contributed by atoms with van der Waals surface area (Å²) in [5, 5.41) is 0. The first-order valence-electron chi connectivity index (χ1n) is 9.75. The van der Waals surface area contributed by atoms with Gasteiger partial charge in [-0.05, 0) is 80.4 Å². The van der Waals surface area contributed by atoms with Crippen LogP contribution in [-0.2, 0) is 4.74 Å². The molecule has 0 saturated carbocycles. The second-order valence-corrected chi connectivity index (χ2v) is 7.95. The van der Waals surface area contributed by atoms with E-state index in [-0.39, 0.29) is 17.8 Å². The summed E-state index contributed by atoms with van der Waals surface area (Å²) in [6.45, 7) is 14.5. The molecule has 0 saturated heterocycles. The number of benzene rings is 1. The third kappa shape index (κ3) is 4.37. The zero-order valence-corrected chi connectivity index (χ0v) is 17.9. The van der Waals surface area contributed by atoms with Gasteiger partial charge >= 0.3 is 5.97 Å². The molecule has 0 fully saturated rings. The molecule has 1 aromatic rings. The lowest BCUT2D eigenvalue weighted by Gasteiger charge is -2.36. The molecule has 0 N–H and O–H groups in total. The minimum Gasteiger partial charge on any atom is -0.496 e. The second-order valence-electron chi connectivity index (χ2n) is 7.95. The molecule has 28 heavy (non-hydrogen) atoms. The molecule has 0 heterocycles. The van der Waals surface area contributed by atoms with Gasteiger partial charge in [0, 0.05) is 0 Å². The molecule has 4 heteroatoms. The third-order valence-corrected chi connectivity index (χ3v) is 5.49. The lowest BCUT2D eigenvalue weighted by Crippen LogP contribution is -2.22. The molecule has 3 nitrogen and oxygen atoms in total. The van der Waals surface area contributed by atoms with Crippen LogP contribution in [0.15, 0.2) is 47.1 Å². The molecule has 0 unspecified atom stereocenters. The molecule has 0 radical (unpaired) electrons. The highest BCUT2D eigenvalue weighted by molar-refractivity contribution is 5.91. The number of methoxy groups -OCH3 is 1. The van der Waals surface area contributed by atoms with Crippen molar-refractivity contribution in [3.63, 3.8) is 0 Å². The number of carbonyl (C=O) groups excluding carboxylic acids is 1. The monoisotopic (exact) mass is 386 g/mol. The largest absolute Gasteiger partial charge is 0.496 e. The highest BCUT2D eigenvalue weighted by Gasteiger charge is 2.31. The standard InChI is InChI=1S/C24H31FO3/c1-8-28-23(26)18-11-12-19(20(14-18)27-7)22(25)17(4)16(3)21-15(2)10-9-13-24(21,5)6/h11-12,14H,3,8-10,13H2,1-2,4-7H3/b22-17-. The number of carbonyl (C=O) groups is 1. The van der Waals surface area contributed by atoms with Gasteiger partial charge in [0.15, 0.2) is 0 Å². The van der Waals surface area contributed by atoms with Gasteiger partial charge in [0.1, 0.15) is 11.6 Å². The molecule has 0 bridgehead atoms. The Morgan fingerprint density at radius 1 is 1.32 bits per heavy atom. The molecule has 1 aliphatic carbocycles. The minimum absolute atomic E-state index is 0.0290. The second kappa shape index (κ2) is 8.76. The van der Waals surface area contributed by atoms with E-state index in [0.29, 0.717) is 22.4 Å². The van der Waals surface area contributed by atoms with E-state index in [4.69, 9.17) is 9.47 Å². The molecule has 0 atom stereocenters. The summed E-state index contributed by atoms with van der Waals surface area (Å²) in [6, 6.07) is 4.63. The van der Waals surface area contributed by atoms with Gasteiger partial charge in [0.2, 0.25) is 0 Å². The Kier molecular flexibility index (Phi) is 6.87. The minimum atomic E-state index is -0.456. The Bertz CT molecular complexity index is 843. The molecule has 0 spiro atoms. The molecule has 1 aromatic carbocycles. The number of ether oxygens (including phenoxy) is 2. The lowest BCUT2D eigenvalue weighted by molar-refractivity contribution is 0.0526. The maximum absolute atomic E-state index is 15.4. The fourth-order valence-electron chi connectivity index (χ4n) is 4.03. The van der Waals surface area contributed by atoms with E-state index in [1.165, 1.54) is 18.7 Å². The van der Waals surface area contributed by atoms with E-state index in [0.717, 1.165) is 30.4 Å². The van der Waals surface area contributed by atoms with Crippen LogP contribution in [0.1, 0.15) is 69.8 Å². The van der Waals surface area contributed by atoms with Crippen molar-refractivity contribution in [1.82, 2.24) is 0 Å². The quantitative estimate of drug-likeness (QED) is 0.405. The van der Waals surface area contributed by atoms with Crippen molar-refractivity contribution in [3.8, 4) is 5.75 Å². The smallest absolute Gasteiger partial charge is 0.338 e. The summed E-state index contributed by atoms with van der Waals surface area (Å²) in [5.74, 6) is -0.551. The number of hydrogen-bond donors (Lipinski definition) is 0.